The second kappa shape index (κ2) is 3.84. The van der Waals surface area contributed by atoms with Crippen molar-refractivity contribution in [3.8, 4) is 0 Å². The van der Waals surface area contributed by atoms with E-state index in [0.29, 0.717) is 6.54 Å². The first-order chi connectivity index (χ1) is 3.31. The van der Waals surface area contributed by atoms with Crippen LogP contribution in [0.25, 0.3) is 0 Å². The highest BCUT2D eigenvalue weighted by Crippen LogP contribution is 1.84. The highest BCUT2D eigenvalue weighted by Gasteiger charge is 1.78. The van der Waals surface area contributed by atoms with E-state index >= 15 is 0 Å². The van der Waals surface area contributed by atoms with E-state index in [0.717, 1.165) is 5.57 Å². The SMILES string of the molecule is C/C(=C\CN)CO. The zero-order valence-corrected chi connectivity index (χ0v) is 4.52. The molecule has 0 saturated carbocycles. The Morgan fingerprint density at radius 2 is 2.43 bits per heavy atom. The standard InChI is InChI=1S/C5H11NO/c1-5(4-7)2-3-6/h2,7H,3-4,6H2,1H3/b5-2+. The third-order valence-electron chi connectivity index (χ3n) is 0.716. The molecule has 0 bridgehead atoms. The molecular weight excluding hydrogens is 90.1 g/mol. The van der Waals surface area contributed by atoms with Crippen LogP contribution < -0.4 is 5.73 Å². The van der Waals surface area contributed by atoms with Crippen molar-refractivity contribution in [2.24, 2.45) is 5.73 Å². The Morgan fingerprint density at radius 1 is 1.86 bits per heavy atom. The van der Waals surface area contributed by atoms with E-state index < -0.39 is 0 Å². The number of nitrogens with two attached hydrogens (primary N) is 1. The second-order valence-electron chi connectivity index (χ2n) is 1.44. The van der Waals surface area contributed by atoms with Crippen molar-refractivity contribution in [1.82, 2.24) is 0 Å². The zero-order chi connectivity index (χ0) is 5.70. The average Bonchev–Trinajstić information content (AvgIpc) is 1.68. The van der Waals surface area contributed by atoms with E-state index in [4.69, 9.17) is 10.8 Å². The molecule has 0 aliphatic carbocycles. The Bertz CT molecular complexity index is 68.5. The zero-order valence-electron chi connectivity index (χ0n) is 4.52. The lowest BCUT2D eigenvalue weighted by Crippen LogP contribution is -1.96. The van der Waals surface area contributed by atoms with E-state index in [1.54, 1.807) is 6.08 Å². The van der Waals surface area contributed by atoms with Crippen molar-refractivity contribution in [3.63, 3.8) is 0 Å². The fourth-order valence-electron chi connectivity index (χ4n) is 0.266. The molecule has 0 spiro atoms. The topological polar surface area (TPSA) is 46.2 Å². The highest BCUT2D eigenvalue weighted by molar-refractivity contribution is 4.97. The van der Waals surface area contributed by atoms with Gasteiger partial charge in [0.25, 0.3) is 0 Å². The number of aliphatic hydroxyl groups excluding tert-OH is 1. The van der Waals surface area contributed by atoms with Crippen LogP contribution in [0.4, 0.5) is 0 Å². The van der Waals surface area contributed by atoms with Gasteiger partial charge in [0.05, 0.1) is 6.61 Å². The Kier molecular flexibility index (Phi) is 3.65. The Hall–Kier alpha value is -0.340. The van der Waals surface area contributed by atoms with E-state index in [-0.39, 0.29) is 6.61 Å². The van der Waals surface area contributed by atoms with E-state index in [2.05, 4.69) is 0 Å². The molecule has 0 amide bonds. The molecule has 0 fully saturated rings. The summed E-state index contributed by atoms with van der Waals surface area (Å²) in [5.41, 5.74) is 6.05. The van der Waals surface area contributed by atoms with E-state index in [1.807, 2.05) is 6.92 Å². The van der Waals surface area contributed by atoms with Gasteiger partial charge in [-0.3, -0.25) is 0 Å². The maximum atomic E-state index is 8.34. The molecule has 0 aliphatic rings. The van der Waals surface area contributed by atoms with Crippen LogP contribution >= 0.6 is 0 Å². The smallest absolute Gasteiger partial charge is 0.0639 e. The summed E-state index contributed by atoms with van der Waals surface area (Å²) in [5, 5.41) is 8.34. The lowest BCUT2D eigenvalue weighted by Gasteiger charge is -1.88. The molecule has 2 heteroatoms. The van der Waals surface area contributed by atoms with E-state index in [9.17, 15) is 0 Å². The lowest BCUT2D eigenvalue weighted by molar-refractivity contribution is 0.331. The summed E-state index contributed by atoms with van der Waals surface area (Å²) < 4.78 is 0. The maximum Gasteiger partial charge on any atom is 0.0639 e. The van der Waals surface area contributed by atoms with E-state index in [1.165, 1.54) is 0 Å². The lowest BCUT2D eigenvalue weighted by atomic mass is 10.3. The van der Waals surface area contributed by atoms with Crippen LogP contribution in [0.3, 0.4) is 0 Å². The van der Waals surface area contributed by atoms with Gasteiger partial charge >= 0.3 is 0 Å². The van der Waals surface area contributed by atoms with Crippen molar-refractivity contribution in [1.29, 1.82) is 0 Å². The molecule has 0 aromatic carbocycles. The van der Waals surface area contributed by atoms with Crippen molar-refractivity contribution in [2.75, 3.05) is 13.2 Å². The summed E-state index contributed by atoms with van der Waals surface area (Å²) in [6, 6.07) is 0. The fraction of sp³-hybridized carbons (Fsp3) is 0.600. The molecule has 0 atom stereocenters. The van der Waals surface area contributed by atoms with Crippen LogP contribution in [-0.2, 0) is 0 Å². The molecule has 7 heavy (non-hydrogen) atoms. The molecule has 0 rings (SSSR count). The average molecular weight is 101 g/mol. The Morgan fingerprint density at radius 3 is 2.57 bits per heavy atom. The highest BCUT2D eigenvalue weighted by atomic mass is 16.3. The van der Waals surface area contributed by atoms with Crippen LogP contribution in [-0.4, -0.2) is 18.3 Å². The minimum absolute atomic E-state index is 0.122. The largest absolute Gasteiger partial charge is 0.392 e. The molecule has 0 aromatic heterocycles. The van der Waals surface area contributed by atoms with Crippen LogP contribution in [0.2, 0.25) is 0 Å². The van der Waals surface area contributed by atoms with Gasteiger partial charge in [-0.05, 0) is 6.92 Å². The Labute approximate surface area is 43.6 Å². The summed E-state index contributed by atoms with van der Waals surface area (Å²) in [6.07, 6.45) is 1.79. The summed E-state index contributed by atoms with van der Waals surface area (Å²) in [5.74, 6) is 0. The predicted octanol–water partition coefficient (Wildman–Crippen LogP) is -0.116. The van der Waals surface area contributed by atoms with Crippen molar-refractivity contribution in [3.05, 3.63) is 11.6 Å². The number of hydrogen-bond acceptors (Lipinski definition) is 2. The fourth-order valence-corrected chi connectivity index (χ4v) is 0.266. The molecule has 0 unspecified atom stereocenters. The van der Waals surface area contributed by atoms with Gasteiger partial charge < -0.3 is 10.8 Å². The minimum Gasteiger partial charge on any atom is -0.392 e. The number of hydrogen-bond donors (Lipinski definition) is 2. The Balaban J connectivity index is 3.29. The number of rotatable bonds is 2. The number of aliphatic hydroxyl groups is 1. The van der Waals surface area contributed by atoms with Crippen LogP contribution in [0.15, 0.2) is 11.6 Å². The molecule has 42 valence electrons. The van der Waals surface area contributed by atoms with Crippen LogP contribution in [0.5, 0.6) is 0 Å². The second-order valence-corrected chi connectivity index (χ2v) is 1.44. The first-order valence-electron chi connectivity index (χ1n) is 2.27. The van der Waals surface area contributed by atoms with Crippen LogP contribution in [0.1, 0.15) is 6.92 Å². The minimum atomic E-state index is 0.122. The predicted molar refractivity (Wildman–Crippen MR) is 29.9 cm³/mol. The van der Waals surface area contributed by atoms with Gasteiger partial charge in [-0.1, -0.05) is 11.6 Å². The monoisotopic (exact) mass is 101 g/mol. The summed E-state index contributed by atoms with van der Waals surface area (Å²) >= 11 is 0. The van der Waals surface area contributed by atoms with Gasteiger partial charge in [-0.2, -0.15) is 0 Å². The first-order valence-corrected chi connectivity index (χ1v) is 2.27. The summed E-state index contributed by atoms with van der Waals surface area (Å²) in [7, 11) is 0. The maximum absolute atomic E-state index is 8.34. The third kappa shape index (κ3) is 3.49. The van der Waals surface area contributed by atoms with Gasteiger partial charge in [-0.15, -0.1) is 0 Å². The van der Waals surface area contributed by atoms with Crippen molar-refractivity contribution >= 4 is 0 Å². The molecule has 0 heterocycles. The molecular formula is C5H11NO. The molecule has 0 saturated heterocycles. The first kappa shape index (κ1) is 6.66. The van der Waals surface area contributed by atoms with Crippen molar-refractivity contribution in [2.45, 2.75) is 6.92 Å². The third-order valence-corrected chi connectivity index (χ3v) is 0.716. The molecule has 0 radical (unpaired) electrons. The van der Waals surface area contributed by atoms with Gasteiger partial charge in [0.2, 0.25) is 0 Å². The summed E-state index contributed by atoms with van der Waals surface area (Å²) in [4.78, 5) is 0. The molecule has 2 nitrogen and oxygen atoms in total. The molecule has 0 aromatic rings. The molecule has 0 aliphatic heterocycles. The van der Waals surface area contributed by atoms with Crippen molar-refractivity contribution < 1.29 is 5.11 Å². The summed E-state index contributed by atoms with van der Waals surface area (Å²) in [6.45, 7) is 2.48. The van der Waals surface area contributed by atoms with Gasteiger partial charge in [0, 0.05) is 6.54 Å². The van der Waals surface area contributed by atoms with Gasteiger partial charge in [-0.25, -0.2) is 0 Å². The normalized spacial score (nSPS) is 12.1. The van der Waals surface area contributed by atoms with Crippen LogP contribution in [0, 0.1) is 0 Å². The van der Waals surface area contributed by atoms with Gasteiger partial charge in [0.1, 0.15) is 0 Å². The van der Waals surface area contributed by atoms with Gasteiger partial charge in [0.15, 0.2) is 0 Å². The molecule has 3 N–H and O–H groups in total. The quantitative estimate of drug-likeness (QED) is 0.476.